The van der Waals surface area contributed by atoms with E-state index in [9.17, 15) is 0 Å². The number of benzene rings is 1. The average molecular weight is 251 g/mol. The van der Waals surface area contributed by atoms with Crippen LogP contribution < -0.4 is 10.1 Å². The van der Waals surface area contributed by atoms with Crippen LogP contribution >= 0.6 is 0 Å². The summed E-state index contributed by atoms with van der Waals surface area (Å²) in [4.78, 5) is 0. The molecule has 0 radical (unpaired) electrons. The fraction of sp³-hybridized carbons (Fsp3) is 0.429. The fourth-order valence-corrected chi connectivity index (χ4v) is 1.57. The molecule has 1 aromatic rings. The van der Waals surface area contributed by atoms with Crippen LogP contribution in [-0.2, 0) is 11.3 Å². The Balaban J connectivity index is 2.56. The van der Waals surface area contributed by atoms with Crippen molar-refractivity contribution < 1.29 is 14.6 Å². The highest BCUT2D eigenvalue weighted by molar-refractivity contribution is 5.33. The molecule has 100 valence electrons. The lowest BCUT2D eigenvalue weighted by atomic mass is 10.2. The maximum Gasteiger partial charge on any atom is 0.124 e. The van der Waals surface area contributed by atoms with E-state index in [0.717, 1.165) is 11.3 Å². The maximum atomic E-state index is 9.16. The van der Waals surface area contributed by atoms with Crippen LogP contribution in [0.5, 0.6) is 5.75 Å². The first-order valence-electron chi connectivity index (χ1n) is 5.96. The Hall–Kier alpha value is -1.36. The quantitative estimate of drug-likeness (QED) is 0.650. The van der Waals surface area contributed by atoms with Gasteiger partial charge in [0.25, 0.3) is 0 Å². The van der Waals surface area contributed by atoms with Gasteiger partial charge in [-0.2, -0.15) is 0 Å². The lowest BCUT2D eigenvalue weighted by molar-refractivity contribution is 0.128. The monoisotopic (exact) mass is 251 g/mol. The Morgan fingerprint density at radius 2 is 2.22 bits per heavy atom. The van der Waals surface area contributed by atoms with Crippen molar-refractivity contribution in [1.29, 1.82) is 0 Å². The number of rotatable bonds is 9. The second-order valence-electron chi connectivity index (χ2n) is 3.92. The van der Waals surface area contributed by atoms with Crippen LogP contribution in [0.2, 0.25) is 0 Å². The number of para-hydroxylation sites is 1. The SMILES string of the molecule is C=CCOc1ccccc1CNC(CO)COC. The zero-order valence-electron chi connectivity index (χ0n) is 10.8. The van der Waals surface area contributed by atoms with Crippen molar-refractivity contribution in [3.63, 3.8) is 0 Å². The lowest BCUT2D eigenvalue weighted by Gasteiger charge is -2.16. The number of methoxy groups -OCH3 is 1. The summed E-state index contributed by atoms with van der Waals surface area (Å²) in [6.07, 6.45) is 1.71. The van der Waals surface area contributed by atoms with Crippen LogP contribution in [0.25, 0.3) is 0 Å². The molecule has 0 saturated carbocycles. The first-order valence-corrected chi connectivity index (χ1v) is 5.96. The van der Waals surface area contributed by atoms with E-state index in [2.05, 4.69) is 11.9 Å². The van der Waals surface area contributed by atoms with Gasteiger partial charge < -0.3 is 19.9 Å². The molecule has 4 heteroatoms. The third-order valence-electron chi connectivity index (χ3n) is 2.50. The van der Waals surface area contributed by atoms with E-state index in [0.29, 0.717) is 19.8 Å². The Kier molecular flexibility index (Phi) is 7.10. The molecule has 0 bridgehead atoms. The summed E-state index contributed by atoms with van der Waals surface area (Å²) in [5, 5.41) is 12.4. The molecular weight excluding hydrogens is 230 g/mol. The maximum absolute atomic E-state index is 9.16. The zero-order valence-corrected chi connectivity index (χ0v) is 10.8. The van der Waals surface area contributed by atoms with E-state index in [1.165, 1.54) is 0 Å². The highest BCUT2D eigenvalue weighted by Gasteiger charge is 2.08. The number of aliphatic hydroxyl groups excluding tert-OH is 1. The van der Waals surface area contributed by atoms with Gasteiger partial charge in [0, 0.05) is 19.2 Å². The molecule has 2 N–H and O–H groups in total. The van der Waals surface area contributed by atoms with Gasteiger partial charge in [0.1, 0.15) is 12.4 Å². The molecule has 0 aliphatic rings. The van der Waals surface area contributed by atoms with Gasteiger partial charge in [-0.25, -0.2) is 0 Å². The number of nitrogens with one attached hydrogen (secondary N) is 1. The highest BCUT2D eigenvalue weighted by atomic mass is 16.5. The molecule has 1 rings (SSSR count). The van der Waals surface area contributed by atoms with Crippen molar-refractivity contribution in [1.82, 2.24) is 5.32 Å². The molecule has 1 atom stereocenters. The molecule has 0 aromatic heterocycles. The topological polar surface area (TPSA) is 50.7 Å². The van der Waals surface area contributed by atoms with Crippen molar-refractivity contribution in [2.75, 3.05) is 26.9 Å². The molecule has 1 aromatic carbocycles. The van der Waals surface area contributed by atoms with Crippen molar-refractivity contribution >= 4 is 0 Å². The van der Waals surface area contributed by atoms with Gasteiger partial charge in [-0.1, -0.05) is 30.9 Å². The lowest BCUT2D eigenvalue weighted by Crippen LogP contribution is -2.36. The van der Waals surface area contributed by atoms with E-state index in [1.807, 2.05) is 24.3 Å². The van der Waals surface area contributed by atoms with Crippen LogP contribution in [0.1, 0.15) is 5.56 Å². The van der Waals surface area contributed by atoms with E-state index < -0.39 is 0 Å². The van der Waals surface area contributed by atoms with E-state index in [1.54, 1.807) is 13.2 Å². The van der Waals surface area contributed by atoms with Gasteiger partial charge in [0.2, 0.25) is 0 Å². The normalized spacial score (nSPS) is 12.1. The highest BCUT2D eigenvalue weighted by Crippen LogP contribution is 2.17. The summed E-state index contributed by atoms with van der Waals surface area (Å²) < 4.78 is 10.6. The molecule has 0 fully saturated rings. The van der Waals surface area contributed by atoms with Crippen LogP contribution in [0.3, 0.4) is 0 Å². The molecule has 1 unspecified atom stereocenters. The Morgan fingerprint density at radius 3 is 2.89 bits per heavy atom. The van der Waals surface area contributed by atoms with Gasteiger partial charge in [-0.05, 0) is 6.07 Å². The molecule has 0 saturated heterocycles. The molecule has 18 heavy (non-hydrogen) atoms. The zero-order chi connectivity index (χ0) is 13.2. The van der Waals surface area contributed by atoms with Gasteiger partial charge >= 0.3 is 0 Å². The Bertz CT molecular complexity index is 355. The molecule has 4 nitrogen and oxygen atoms in total. The van der Waals surface area contributed by atoms with Gasteiger partial charge in [0.15, 0.2) is 0 Å². The summed E-state index contributed by atoms with van der Waals surface area (Å²) in [7, 11) is 1.62. The summed E-state index contributed by atoms with van der Waals surface area (Å²) in [5.74, 6) is 0.832. The first-order chi connectivity index (χ1) is 8.81. The average Bonchev–Trinajstić information content (AvgIpc) is 2.42. The van der Waals surface area contributed by atoms with Gasteiger partial charge in [0.05, 0.1) is 19.3 Å². The van der Waals surface area contributed by atoms with Gasteiger partial charge in [-0.3, -0.25) is 0 Å². The van der Waals surface area contributed by atoms with E-state index in [-0.39, 0.29) is 12.6 Å². The minimum atomic E-state index is -0.0672. The molecule has 0 aliphatic heterocycles. The second kappa shape index (κ2) is 8.69. The van der Waals surface area contributed by atoms with E-state index in [4.69, 9.17) is 14.6 Å². The second-order valence-corrected chi connectivity index (χ2v) is 3.92. The molecule has 0 amide bonds. The Morgan fingerprint density at radius 1 is 1.44 bits per heavy atom. The fourth-order valence-electron chi connectivity index (χ4n) is 1.57. The van der Waals surface area contributed by atoms with Gasteiger partial charge in [-0.15, -0.1) is 0 Å². The smallest absolute Gasteiger partial charge is 0.124 e. The summed E-state index contributed by atoms with van der Waals surface area (Å²) in [5.41, 5.74) is 1.05. The van der Waals surface area contributed by atoms with Crippen molar-refractivity contribution in [2.24, 2.45) is 0 Å². The van der Waals surface area contributed by atoms with Crippen molar-refractivity contribution in [2.45, 2.75) is 12.6 Å². The summed E-state index contributed by atoms with van der Waals surface area (Å²) in [6.45, 7) is 5.26. The minimum absolute atomic E-state index is 0.0452. The molecule has 0 spiro atoms. The van der Waals surface area contributed by atoms with Crippen LogP contribution in [0.4, 0.5) is 0 Å². The first kappa shape index (κ1) is 14.7. The third kappa shape index (κ3) is 4.87. The van der Waals surface area contributed by atoms with Crippen molar-refractivity contribution in [3.05, 3.63) is 42.5 Å². The predicted molar refractivity (Wildman–Crippen MR) is 71.7 cm³/mol. The number of hydrogen-bond donors (Lipinski definition) is 2. The number of hydrogen-bond acceptors (Lipinski definition) is 4. The van der Waals surface area contributed by atoms with Crippen LogP contribution in [0.15, 0.2) is 36.9 Å². The molecule has 0 heterocycles. The summed E-state index contributed by atoms with van der Waals surface area (Å²) >= 11 is 0. The largest absolute Gasteiger partial charge is 0.489 e. The predicted octanol–water partition coefficient (Wildman–Crippen LogP) is 1.35. The van der Waals surface area contributed by atoms with Crippen LogP contribution in [-0.4, -0.2) is 38.1 Å². The molecule has 0 aliphatic carbocycles. The number of aliphatic hydroxyl groups is 1. The van der Waals surface area contributed by atoms with Crippen LogP contribution in [0, 0.1) is 0 Å². The third-order valence-corrected chi connectivity index (χ3v) is 2.50. The standard InChI is InChI=1S/C14H21NO3/c1-3-8-18-14-7-5-4-6-12(14)9-15-13(10-16)11-17-2/h3-7,13,15-16H,1,8-11H2,2H3. The minimum Gasteiger partial charge on any atom is -0.489 e. The Labute approximate surface area is 108 Å². The van der Waals surface area contributed by atoms with E-state index >= 15 is 0 Å². The number of ether oxygens (including phenoxy) is 2. The van der Waals surface area contributed by atoms with Crippen molar-refractivity contribution in [3.8, 4) is 5.75 Å². The molecular formula is C14H21NO3. The summed E-state index contributed by atoms with van der Waals surface area (Å²) in [6, 6.07) is 7.74.